The predicted octanol–water partition coefficient (Wildman–Crippen LogP) is 3.13. The molecule has 2 aromatic rings. The molecule has 1 saturated heterocycles. The number of benzene rings is 1. The fourth-order valence-electron chi connectivity index (χ4n) is 2.90. The number of urea groups is 1. The zero-order valence-corrected chi connectivity index (χ0v) is 15.8. The molecule has 1 fully saturated rings. The number of nitrogens with one attached hydrogen (secondary N) is 1. The normalized spacial score (nSPS) is 15.8. The molecule has 0 saturated carbocycles. The van der Waals surface area contributed by atoms with Crippen molar-refractivity contribution in [2.24, 2.45) is 0 Å². The molecule has 3 rings (SSSR count). The first-order valence-electron chi connectivity index (χ1n) is 8.49. The highest BCUT2D eigenvalue weighted by Crippen LogP contribution is 2.27. The molecule has 0 radical (unpaired) electrons. The lowest BCUT2D eigenvalue weighted by Crippen LogP contribution is -2.59. The van der Waals surface area contributed by atoms with Crippen LogP contribution in [0.15, 0.2) is 41.8 Å². The molecule has 1 aliphatic rings. The van der Waals surface area contributed by atoms with Gasteiger partial charge in [0, 0.05) is 11.4 Å². The fourth-order valence-corrected chi connectivity index (χ4v) is 4.03. The van der Waals surface area contributed by atoms with E-state index in [1.54, 1.807) is 16.2 Å². The first kappa shape index (κ1) is 17.8. The van der Waals surface area contributed by atoms with Gasteiger partial charge in [-0.05, 0) is 50.2 Å². The van der Waals surface area contributed by atoms with Gasteiger partial charge in [-0.1, -0.05) is 18.2 Å². The summed E-state index contributed by atoms with van der Waals surface area (Å²) >= 11 is 1.74. The second-order valence-corrected chi connectivity index (χ2v) is 7.54. The Labute approximate surface area is 153 Å². The van der Waals surface area contributed by atoms with E-state index >= 15 is 0 Å². The van der Waals surface area contributed by atoms with Crippen LogP contribution < -0.4 is 10.1 Å². The molecule has 1 aromatic heterocycles. The largest absolute Gasteiger partial charge is 0.487 e. The van der Waals surface area contributed by atoms with E-state index in [9.17, 15) is 4.79 Å². The van der Waals surface area contributed by atoms with Gasteiger partial charge in [-0.25, -0.2) is 4.79 Å². The van der Waals surface area contributed by atoms with Crippen molar-refractivity contribution in [2.75, 3.05) is 33.7 Å². The van der Waals surface area contributed by atoms with Gasteiger partial charge in [-0.3, -0.25) is 0 Å². The Morgan fingerprint density at radius 2 is 2.04 bits per heavy atom. The van der Waals surface area contributed by atoms with Crippen molar-refractivity contribution in [3.05, 3.63) is 52.2 Å². The summed E-state index contributed by atoms with van der Waals surface area (Å²) in [5, 5.41) is 5.16. The van der Waals surface area contributed by atoms with E-state index in [4.69, 9.17) is 4.74 Å². The van der Waals surface area contributed by atoms with Crippen molar-refractivity contribution in [1.29, 1.82) is 0 Å². The first-order chi connectivity index (χ1) is 12.0. The van der Waals surface area contributed by atoms with Crippen molar-refractivity contribution in [3.63, 3.8) is 0 Å². The maximum absolute atomic E-state index is 12.3. The summed E-state index contributed by atoms with van der Waals surface area (Å²) in [4.78, 5) is 17.6. The number of ether oxygens (including phenoxy) is 1. The molecule has 6 heteroatoms. The number of rotatable bonds is 6. The van der Waals surface area contributed by atoms with Crippen LogP contribution in [0.1, 0.15) is 16.5 Å². The molecule has 0 bridgehead atoms. The average Bonchev–Trinajstić information content (AvgIpc) is 2.97. The lowest BCUT2D eigenvalue weighted by molar-refractivity contribution is 0.0439. The quantitative estimate of drug-likeness (QED) is 0.862. The highest BCUT2D eigenvalue weighted by atomic mass is 32.1. The molecule has 1 aromatic carbocycles. The molecule has 1 unspecified atom stereocenters. The van der Waals surface area contributed by atoms with Crippen LogP contribution >= 0.6 is 11.3 Å². The number of hydrogen-bond donors (Lipinski definition) is 1. The minimum absolute atomic E-state index is 0.0195. The Kier molecular flexibility index (Phi) is 5.60. The number of aryl methyl sites for hydroxylation is 1. The number of likely N-dealkylation sites (N-methyl/N-ethyl adjacent to an activating group) is 1. The number of amides is 2. The minimum Gasteiger partial charge on any atom is -0.487 e. The molecule has 1 atom stereocenters. The molecule has 25 heavy (non-hydrogen) atoms. The Hall–Kier alpha value is -2.05. The highest BCUT2D eigenvalue weighted by molar-refractivity contribution is 7.10. The van der Waals surface area contributed by atoms with Crippen LogP contribution in [-0.2, 0) is 0 Å². The van der Waals surface area contributed by atoms with E-state index in [1.807, 2.05) is 44.4 Å². The van der Waals surface area contributed by atoms with Gasteiger partial charge >= 0.3 is 6.03 Å². The van der Waals surface area contributed by atoms with E-state index in [0.29, 0.717) is 19.6 Å². The average molecular weight is 359 g/mol. The molecular weight excluding hydrogens is 334 g/mol. The van der Waals surface area contributed by atoms with Crippen molar-refractivity contribution >= 4 is 17.4 Å². The molecule has 2 heterocycles. The van der Waals surface area contributed by atoms with Crippen LogP contribution in [0.3, 0.4) is 0 Å². The lowest BCUT2D eigenvalue weighted by Gasteiger charge is -2.39. The van der Waals surface area contributed by atoms with Gasteiger partial charge in [0.2, 0.25) is 0 Å². The number of carbonyl (C=O) groups excluding carboxylic acids is 1. The number of thiophene rings is 1. The van der Waals surface area contributed by atoms with E-state index < -0.39 is 0 Å². The third-order valence-corrected chi connectivity index (χ3v) is 5.58. The van der Waals surface area contributed by atoms with E-state index in [0.717, 1.165) is 5.75 Å². The monoisotopic (exact) mass is 359 g/mol. The SMILES string of the molecule is Cc1ccsc1C(CNC(=O)N1CC(Oc2ccccc2)C1)N(C)C. The van der Waals surface area contributed by atoms with Gasteiger partial charge in [0.1, 0.15) is 11.9 Å². The summed E-state index contributed by atoms with van der Waals surface area (Å²) in [6.07, 6.45) is 0.0809. The summed E-state index contributed by atoms with van der Waals surface area (Å²) in [7, 11) is 4.09. The number of hydrogen-bond acceptors (Lipinski definition) is 4. The van der Waals surface area contributed by atoms with Crippen LogP contribution in [-0.4, -0.2) is 55.7 Å². The van der Waals surface area contributed by atoms with Crippen LogP contribution in [0.4, 0.5) is 4.79 Å². The number of likely N-dealkylation sites (tertiary alicyclic amines) is 1. The third-order valence-electron chi connectivity index (χ3n) is 4.46. The van der Waals surface area contributed by atoms with Gasteiger partial charge in [0.25, 0.3) is 0 Å². The van der Waals surface area contributed by atoms with Gasteiger partial charge in [0.15, 0.2) is 0 Å². The van der Waals surface area contributed by atoms with Gasteiger partial charge < -0.3 is 19.9 Å². The summed E-state index contributed by atoms with van der Waals surface area (Å²) in [6.45, 7) is 3.98. The topological polar surface area (TPSA) is 44.8 Å². The zero-order chi connectivity index (χ0) is 17.8. The van der Waals surface area contributed by atoms with Gasteiger partial charge in [0.05, 0.1) is 19.1 Å². The smallest absolute Gasteiger partial charge is 0.317 e. The van der Waals surface area contributed by atoms with Gasteiger partial charge in [-0.2, -0.15) is 0 Å². The van der Waals surface area contributed by atoms with Crippen LogP contribution in [0.5, 0.6) is 5.75 Å². The third kappa shape index (κ3) is 4.32. The van der Waals surface area contributed by atoms with E-state index in [-0.39, 0.29) is 18.2 Å². The van der Waals surface area contributed by atoms with E-state index in [1.165, 1.54) is 10.4 Å². The standard InChI is InChI=1S/C19H25N3O2S/c1-14-9-10-25-18(14)17(21(2)3)11-20-19(23)22-12-16(13-22)24-15-7-5-4-6-8-15/h4-10,16-17H,11-13H2,1-3H3,(H,20,23). The molecule has 0 spiro atoms. The fraction of sp³-hybridized carbons (Fsp3) is 0.421. The van der Waals surface area contributed by atoms with Crippen molar-refractivity contribution in [1.82, 2.24) is 15.1 Å². The van der Waals surface area contributed by atoms with Crippen LogP contribution in [0, 0.1) is 6.92 Å². The highest BCUT2D eigenvalue weighted by Gasteiger charge is 2.32. The summed E-state index contributed by atoms with van der Waals surface area (Å²) in [5.41, 5.74) is 1.28. The molecule has 0 aliphatic carbocycles. The second kappa shape index (κ2) is 7.89. The number of para-hydroxylation sites is 1. The predicted molar refractivity (Wildman–Crippen MR) is 101 cm³/mol. The maximum atomic E-state index is 12.3. The first-order valence-corrected chi connectivity index (χ1v) is 9.37. The maximum Gasteiger partial charge on any atom is 0.317 e. The molecule has 5 nitrogen and oxygen atoms in total. The molecule has 2 amide bonds. The summed E-state index contributed by atoms with van der Waals surface area (Å²) in [6, 6.07) is 12.0. The van der Waals surface area contributed by atoms with Crippen molar-refractivity contribution in [2.45, 2.75) is 19.1 Å². The van der Waals surface area contributed by atoms with Gasteiger partial charge in [-0.15, -0.1) is 11.3 Å². The Balaban J connectivity index is 1.46. The summed E-state index contributed by atoms with van der Waals surface area (Å²) < 4.78 is 5.84. The molecular formula is C19H25N3O2S. The van der Waals surface area contributed by atoms with Crippen molar-refractivity contribution in [3.8, 4) is 5.75 Å². The Bertz CT molecular complexity index is 696. The lowest BCUT2D eigenvalue weighted by atomic mass is 10.1. The molecule has 134 valence electrons. The summed E-state index contributed by atoms with van der Waals surface area (Å²) in [5.74, 6) is 0.855. The van der Waals surface area contributed by atoms with Crippen molar-refractivity contribution < 1.29 is 9.53 Å². The Morgan fingerprint density at radius 3 is 2.64 bits per heavy atom. The van der Waals surface area contributed by atoms with E-state index in [2.05, 4.69) is 28.6 Å². The van der Waals surface area contributed by atoms with Crippen LogP contribution in [0.25, 0.3) is 0 Å². The second-order valence-electron chi connectivity index (χ2n) is 6.59. The number of carbonyl (C=O) groups is 1. The zero-order valence-electron chi connectivity index (χ0n) is 14.9. The molecule has 1 N–H and O–H groups in total. The molecule has 1 aliphatic heterocycles. The number of nitrogens with zero attached hydrogens (tertiary/aromatic N) is 2. The Morgan fingerprint density at radius 1 is 1.32 bits per heavy atom. The van der Waals surface area contributed by atoms with Crippen LogP contribution in [0.2, 0.25) is 0 Å². The minimum atomic E-state index is -0.0195.